The second-order valence-electron chi connectivity index (χ2n) is 3.43. The van der Waals surface area contributed by atoms with E-state index in [-0.39, 0.29) is 0 Å². The summed E-state index contributed by atoms with van der Waals surface area (Å²) in [5, 5.41) is 0. The average Bonchev–Trinajstić information content (AvgIpc) is 1.97. The maximum Gasteiger partial charge on any atom is 0.437 e. The molecule has 0 saturated carbocycles. The molecule has 16 heavy (non-hydrogen) atoms. The predicted octanol–water partition coefficient (Wildman–Crippen LogP) is 4.11. The summed E-state index contributed by atoms with van der Waals surface area (Å²) in [5.41, 5.74) is -6.54. The van der Waals surface area contributed by atoms with Crippen molar-refractivity contribution in [1.82, 2.24) is 0 Å². The van der Waals surface area contributed by atoms with E-state index < -0.39 is 29.9 Å². The van der Waals surface area contributed by atoms with Crippen molar-refractivity contribution in [2.75, 3.05) is 0 Å². The second-order valence-corrected chi connectivity index (χ2v) is 3.43. The number of hydrogen-bond donors (Lipinski definition) is 0. The summed E-state index contributed by atoms with van der Waals surface area (Å²) in [7, 11) is 0. The molecule has 0 unspecified atom stereocenters. The second kappa shape index (κ2) is 3.69. The van der Waals surface area contributed by atoms with Crippen LogP contribution in [-0.4, -0.2) is 23.9 Å². The van der Waals surface area contributed by atoms with E-state index in [1.54, 1.807) is 0 Å². The Morgan fingerprint density at radius 1 is 0.625 bits per heavy atom. The molecular formula is C7H7F9. The zero-order valence-corrected chi connectivity index (χ0v) is 7.98. The van der Waals surface area contributed by atoms with Crippen molar-refractivity contribution >= 4 is 0 Å². The summed E-state index contributed by atoms with van der Waals surface area (Å²) in [5.74, 6) is -8.05. The van der Waals surface area contributed by atoms with Crippen LogP contribution in [0.25, 0.3) is 0 Å². The minimum absolute atomic E-state index is 0.367. The Bertz CT molecular complexity index is 232. The van der Waals surface area contributed by atoms with E-state index in [1.165, 1.54) is 0 Å². The van der Waals surface area contributed by atoms with Crippen LogP contribution in [0.4, 0.5) is 39.5 Å². The Morgan fingerprint density at radius 3 is 0.938 bits per heavy atom. The van der Waals surface area contributed by atoms with Gasteiger partial charge in [0.05, 0.1) is 0 Å². The van der Waals surface area contributed by atoms with Crippen LogP contribution in [0.15, 0.2) is 0 Å². The van der Waals surface area contributed by atoms with E-state index in [4.69, 9.17) is 0 Å². The van der Waals surface area contributed by atoms with E-state index in [0.29, 0.717) is 13.8 Å². The molecule has 0 amide bonds. The molecule has 0 spiro atoms. The van der Waals surface area contributed by atoms with E-state index in [1.807, 2.05) is 0 Å². The van der Waals surface area contributed by atoms with Crippen molar-refractivity contribution in [1.29, 1.82) is 0 Å². The molecule has 0 rings (SSSR count). The first-order chi connectivity index (χ1) is 6.69. The Hall–Kier alpha value is -0.630. The SMILES string of the molecule is CC(C)C(F)(F)C(F)(C(F)(F)F)C(F)(F)F. The van der Waals surface area contributed by atoms with Gasteiger partial charge in [-0.1, -0.05) is 13.8 Å². The number of halogens is 9. The highest BCUT2D eigenvalue weighted by Crippen LogP contribution is 2.56. The third kappa shape index (κ3) is 1.95. The molecule has 0 aliphatic carbocycles. The lowest BCUT2D eigenvalue weighted by atomic mass is 9.88. The molecule has 98 valence electrons. The molecular weight excluding hydrogens is 255 g/mol. The number of rotatable bonds is 2. The van der Waals surface area contributed by atoms with Crippen LogP contribution in [0, 0.1) is 5.92 Å². The summed E-state index contributed by atoms with van der Waals surface area (Å²) >= 11 is 0. The molecule has 0 fully saturated rings. The third-order valence-corrected chi connectivity index (χ3v) is 1.97. The summed E-state index contributed by atoms with van der Waals surface area (Å²) < 4.78 is 110. The fourth-order valence-electron chi connectivity index (χ4n) is 0.936. The van der Waals surface area contributed by atoms with E-state index in [9.17, 15) is 39.5 Å². The van der Waals surface area contributed by atoms with Gasteiger partial charge in [-0.2, -0.15) is 26.3 Å². The molecule has 0 saturated heterocycles. The van der Waals surface area contributed by atoms with E-state index in [2.05, 4.69) is 0 Å². The normalized spacial score (nSPS) is 15.8. The molecule has 0 aliphatic heterocycles. The first-order valence-corrected chi connectivity index (χ1v) is 3.89. The first kappa shape index (κ1) is 15.4. The smallest absolute Gasteiger partial charge is 0.217 e. The average molecular weight is 262 g/mol. The van der Waals surface area contributed by atoms with Crippen LogP contribution in [0.2, 0.25) is 0 Å². The minimum atomic E-state index is -6.74. The lowest BCUT2D eigenvalue weighted by molar-refractivity contribution is -0.403. The van der Waals surface area contributed by atoms with Gasteiger partial charge in [0.15, 0.2) is 0 Å². The maximum absolute atomic E-state index is 12.8. The summed E-state index contributed by atoms with van der Waals surface area (Å²) in [6, 6.07) is 0. The molecule has 0 radical (unpaired) electrons. The fourth-order valence-corrected chi connectivity index (χ4v) is 0.936. The topological polar surface area (TPSA) is 0 Å². The lowest BCUT2D eigenvalue weighted by Gasteiger charge is -2.38. The van der Waals surface area contributed by atoms with Crippen molar-refractivity contribution in [2.24, 2.45) is 5.92 Å². The summed E-state index contributed by atoms with van der Waals surface area (Å²) in [6.07, 6.45) is -13.5. The molecule has 0 aromatic carbocycles. The summed E-state index contributed by atoms with van der Waals surface area (Å²) in [4.78, 5) is 0. The predicted molar refractivity (Wildman–Crippen MR) is 35.7 cm³/mol. The van der Waals surface area contributed by atoms with Crippen molar-refractivity contribution in [3.63, 3.8) is 0 Å². The van der Waals surface area contributed by atoms with Gasteiger partial charge >= 0.3 is 23.9 Å². The highest BCUT2D eigenvalue weighted by molar-refractivity contribution is 5.06. The standard InChI is InChI=1S/C7H7F9/c1-3(2)4(8,9)5(10,6(11,12)13)7(14,15)16/h3H,1-2H3. The zero-order valence-electron chi connectivity index (χ0n) is 7.98. The van der Waals surface area contributed by atoms with E-state index in [0.717, 1.165) is 0 Å². The van der Waals surface area contributed by atoms with Crippen LogP contribution < -0.4 is 0 Å². The first-order valence-electron chi connectivity index (χ1n) is 3.89. The zero-order chi connectivity index (χ0) is 13.6. The van der Waals surface area contributed by atoms with Gasteiger partial charge in [-0.05, 0) is 0 Å². The quantitative estimate of drug-likeness (QED) is 0.657. The minimum Gasteiger partial charge on any atom is -0.217 e. The molecule has 0 aromatic rings. The van der Waals surface area contributed by atoms with Crippen molar-refractivity contribution in [3.05, 3.63) is 0 Å². The van der Waals surface area contributed by atoms with Crippen LogP contribution in [0.5, 0.6) is 0 Å². The molecule has 0 nitrogen and oxygen atoms in total. The van der Waals surface area contributed by atoms with Gasteiger partial charge in [0, 0.05) is 5.92 Å². The lowest BCUT2D eigenvalue weighted by Crippen LogP contribution is -2.66. The van der Waals surface area contributed by atoms with Crippen LogP contribution in [-0.2, 0) is 0 Å². The monoisotopic (exact) mass is 262 g/mol. The van der Waals surface area contributed by atoms with E-state index >= 15 is 0 Å². The Balaban J connectivity index is 5.81. The third-order valence-electron chi connectivity index (χ3n) is 1.97. The fraction of sp³-hybridized carbons (Fsp3) is 1.00. The molecule has 0 aromatic heterocycles. The van der Waals surface area contributed by atoms with Crippen molar-refractivity contribution < 1.29 is 39.5 Å². The van der Waals surface area contributed by atoms with Crippen LogP contribution >= 0.6 is 0 Å². The maximum atomic E-state index is 12.8. The highest BCUT2D eigenvalue weighted by Gasteiger charge is 2.84. The molecule has 0 atom stereocenters. The highest BCUT2D eigenvalue weighted by atomic mass is 19.4. The van der Waals surface area contributed by atoms with Gasteiger partial charge in [-0.25, -0.2) is 13.2 Å². The molecule has 0 aliphatic rings. The van der Waals surface area contributed by atoms with Gasteiger partial charge < -0.3 is 0 Å². The number of alkyl halides is 9. The Kier molecular flexibility index (Phi) is 3.55. The largest absolute Gasteiger partial charge is 0.437 e. The van der Waals surface area contributed by atoms with Crippen molar-refractivity contribution in [2.45, 2.75) is 37.8 Å². The van der Waals surface area contributed by atoms with Crippen LogP contribution in [0.1, 0.15) is 13.8 Å². The Labute approximate surface area is 84.4 Å². The van der Waals surface area contributed by atoms with Crippen molar-refractivity contribution in [3.8, 4) is 0 Å². The van der Waals surface area contributed by atoms with Gasteiger partial charge in [-0.3, -0.25) is 0 Å². The molecule has 0 bridgehead atoms. The van der Waals surface area contributed by atoms with Gasteiger partial charge in [0.1, 0.15) is 0 Å². The van der Waals surface area contributed by atoms with Gasteiger partial charge in [0.25, 0.3) is 0 Å². The summed E-state index contributed by atoms with van der Waals surface area (Å²) in [6.45, 7) is 0.734. The number of hydrogen-bond acceptors (Lipinski definition) is 0. The van der Waals surface area contributed by atoms with Gasteiger partial charge in [0.2, 0.25) is 0 Å². The molecule has 0 heterocycles. The molecule has 0 N–H and O–H groups in total. The van der Waals surface area contributed by atoms with Crippen LogP contribution in [0.3, 0.4) is 0 Å². The van der Waals surface area contributed by atoms with Gasteiger partial charge in [-0.15, -0.1) is 0 Å². The molecule has 9 heteroatoms. The Morgan fingerprint density at radius 2 is 0.875 bits per heavy atom.